The van der Waals surface area contributed by atoms with E-state index < -0.39 is 6.10 Å². The summed E-state index contributed by atoms with van der Waals surface area (Å²) in [7, 11) is 0. The molecule has 1 unspecified atom stereocenters. The van der Waals surface area contributed by atoms with Crippen LogP contribution in [0.5, 0.6) is 5.75 Å². The second kappa shape index (κ2) is 7.46. The van der Waals surface area contributed by atoms with Gasteiger partial charge < -0.3 is 9.84 Å². The van der Waals surface area contributed by atoms with Crippen LogP contribution in [0, 0.1) is 13.8 Å². The SMILES string of the molecule is CCCOc1ccc(C(O)c2ccc(CC)cc2)c(C)c1C. The normalized spacial score (nSPS) is 12.2. The van der Waals surface area contributed by atoms with Crippen LogP contribution in [0.25, 0.3) is 0 Å². The van der Waals surface area contributed by atoms with Crippen LogP contribution in [0.15, 0.2) is 36.4 Å². The number of benzene rings is 2. The van der Waals surface area contributed by atoms with E-state index >= 15 is 0 Å². The van der Waals surface area contributed by atoms with Gasteiger partial charge in [0.25, 0.3) is 0 Å². The van der Waals surface area contributed by atoms with Crippen LogP contribution in [-0.4, -0.2) is 11.7 Å². The van der Waals surface area contributed by atoms with Crippen molar-refractivity contribution in [2.24, 2.45) is 0 Å². The lowest BCUT2D eigenvalue weighted by molar-refractivity contribution is 0.219. The molecule has 22 heavy (non-hydrogen) atoms. The molecule has 0 aliphatic rings. The van der Waals surface area contributed by atoms with Crippen LogP contribution in [0.2, 0.25) is 0 Å². The predicted octanol–water partition coefficient (Wildman–Crippen LogP) is 4.74. The predicted molar refractivity (Wildman–Crippen MR) is 91.6 cm³/mol. The van der Waals surface area contributed by atoms with Crippen LogP contribution in [0.1, 0.15) is 54.2 Å². The Labute approximate surface area is 133 Å². The van der Waals surface area contributed by atoms with E-state index in [-0.39, 0.29) is 0 Å². The van der Waals surface area contributed by atoms with Gasteiger partial charge in [-0.25, -0.2) is 0 Å². The number of rotatable bonds is 6. The van der Waals surface area contributed by atoms with E-state index in [0.29, 0.717) is 0 Å². The number of aliphatic hydroxyl groups is 1. The second-order valence-electron chi connectivity index (χ2n) is 5.75. The molecule has 1 N–H and O–H groups in total. The van der Waals surface area contributed by atoms with Crippen molar-refractivity contribution in [3.05, 3.63) is 64.2 Å². The second-order valence-corrected chi connectivity index (χ2v) is 5.75. The number of ether oxygens (including phenoxy) is 1. The molecule has 1 atom stereocenters. The highest BCUT2D eigenvalue weighted by molar-refractivity contribution is 5.46. The van der Waals surface area contributed by atoms with Gasteiger partial charge in [0.05, 0.1) is 6.61 Å². The summed E-state index contributed by atoms with van der Waals surface area (Å²) in [4.78, 5) is 0. The minimum atomic E-state index is -0.593. The van der Waals surface area contributed by atoms with Gasteiger partial charge in [0.2, 0.25) is 0 Å². The van der Waals surface area contributed by atoms with Crippen molar-refractivity contribution in [1.29, 1.82) is 0 Å². The van der Waals surface area contributed by atoms with Crippen molar-refractivity contribution in [3.8, 4) is 5.75 Å². The summed E-state index contributed by atoms with van der Waals surface area (Å²) in [6.45, 7) is 9.05. The fourth-order valence-electron chi connectivity index (χ4n) is 2.60. The molecule has 0 bridgehead atoms. The monoisotopic (exact) mass is 298 g/mol. The van der Waals surface area contributed by atoms with Crippen LogP contribution < -0.4 is 4.74 Å². The first-order chi connectivity index (χ1) is 10.6. The van der Waals surface area contributed by atoms with Crippen LogP contribution in [0.3, 0.4) is 0 Å². The number of hydrogen-bond donors (Lipinski definition) is 1. The fraction of sp³-hybridized carbons (Fsp3) is 0.400. The molecular formula is C20H26O2. The molecule has 0 aromatic heterocycles. The van der Waals surface area contributed by atoms with Crippen molar-refractivity contribution in [3.63, 3.8) is 0 Å². The van der Waals surface area contributed by atoms with E-state index in [0.717, 1.165) is 47.5 Å². The topological polar surface area (TPSA) is 29.5 Å². The van der Waals surface area contributed by atoms with Gasteiger partial charge in [0.15, 0.2) is 0 Å². The average Bonchev–Trinajstić information content (AvgIpc) is 2.56. The van der Waals surface area contributed by atoms with Crippen LogP contribution in [-0.2, 0) is 6.42 Å². The molecule has 0 spiro atoms. The third-order valence-corrected chi connectivity index (χ3v) is 4.24. The molecule has 2 aromatic carbocycles. The molecule has 118 valence electrons. The third-order valence-electron chi connectivity index (χ3n) is 4.24. The molecule has 2 heteroatoms. The van der Waals surface area contributed by atoms with Crippen LogP contribution in [0.4, 0.5) is 0 Å². The molecule has 0 amide bonds. The Bertz CT molecular complexity index is 614. The Kier molecular flexibility index (Phi) is 5.62. The lowest BCUT2D eigenvalue weighted by atomic mass is 9.93. The maximum atomic E-state index is 10.7. The van der Waals surface area contributed by atoms with Gasteiger partial charge in [-0.3, -0.25) is 0 Å². The van der Waals surface area contributed by atoms with Gasteiger partial charge in [-0.2, -0.15) is 0 Å². The Hall–Kier alpha value is -1.80. The summed E-state index contributed by atoms with van der Waals surface area (Å²) in [5.74, 6) is 0.914. The molecule has 2 aromatic rings. The molecule has 2 nitrogen and oxygen atoms in total. The fourth-order valence-corrected chi connectivity index (χ4v) is 2.60. The minimum Gasteiger partial charge on any atom is -0.493 e. The maximum Gasteiger partial charge on any atom is 0.122 e. The summed E-state index contributed by atoms with van der Waals surface area (Å²) in [5.41, 5.74) is 5.37. The minimum absolute atomic E-state index is 0.593. The molecule has 0 aliphatic heterocycles. The summed E-state index contributed by atoms with van der Waals surface area (Å²) in [6, 6.07) is 12.1. The first-order valence-corrected chi connectivity index (χ1v) is 8.08. The van der Waals surface area contributed by atoms with Gasteiger partial charge >= 0.3 is 0 Å². The van der Waals surface area contributed by atoms with E-state index in [2.05, 4.69) is 32.9 Å². The quantitative estimate of drug-likeness (QED) is 0.835. The van der Waals surface area contributed by atoms with Crippen molar-refractivity contribution in [2.45, 2.75) is 46.6 Å². The standard InChI is InChI=1S/C20H26O2/c1-5-13-22-19-12-11-18(14(3)15(19)4)20(21)17-9-7-16(6-2)8-10-17/h7-12,20-21H,5-6,13H2,1-4H3. The molecule has 2 rings (SSSR count). The molecule has 0 fully saturated rings. The Morgan fingerprint density at radius 1 is 0.955 bits per heavy atom. The summed E-state index contributed by atoms with van der Waals surface area (Å²) in [5, 5.41) is 10.7. The zero-order valence-electron chi connectivity index (χ0n) is 14.0. The summed E-state index contributed by atoms with van der Waals surface area (Å²) in [6.07, 6.45) is 1.41. The Balaban J connectivity index is 2.29. The van der Waals surface area contributed by atoms with Gasteiger partial charge in [0.1, 0.15) is 11.9 Å². The van der Waals surface area contributed by atoms with Crippen LogP contribution >= 0.6 is 0 Å². The van der Waals surface area contributed by atoms with Gasteiger partial charge in [0, 0.05) is 0 Å². The lowest BCUT2D eigenvalue weighted by Gasteiger charge is -2.18. The van der Waals surface area contributed by atoms with Crippen molar-refractivity contribution >= 4 is 0 Å². The maximum absolute atomic E-state index is 10.7. The van der Waals surface area contributed by atoms with Crippen molar-refractivity contribution < 1.29 is 9.84 Å². The van der Waals surface area contributed by atoms with E-state index in [4.69, 9.17) is 4.74 Å². The van der Waals surface area contributed by atoms with Gasteiger partial charge in [-0.1, -0.05) is 44.2 Å². The largest absolute Gasteiger partial charge is 0.493 e. The van der Waals surface area contributed by atoms with E-state index in [1.165, 1.54) is 5.56 Å². The molecule has 0 aliphatic carbocycles. The highest BCUT2D eigenvalue weighted by Crippen LogP contribution is 2.31. The van der Waals surface area contributed by atoms with Crippen molar-refractivity contribution in [1.82, 2.24) is 0 Å². The highest BCUT2D eigenvalue weighted by atomic mass is 16.5. The van der Waals surface area contributed by atoms with E-state index in [9.17, 15) is 5.11 Å². The molecular weight excluding hydrogens is 272 g/mol. The first kappa shape index (κ1) is 16.6. The Morgan fingerprint density at radius 2 is 1.64 bits per heavy atom. The highest BCUT2D eigenvalue weighted by Gasteiger charge is 2.16. The number of aliphatic hydroxyl groups excluding tert-OH is 1. The molecule has 0 saturated carbocycles. The Morgan fingerprint density at radius 3 is 2.23 bits per heavy atom. The third kappa shape index (κ3) is 3.50. The first-order valence-electron chi connectivity index (χ1n) is 8.08. The number of hydrogen-bond acceptors (Lipinski definition) is 2. The zero-order chi connectivity index (χ0) is 16.1. The van der Waals surface area contributed by atoms with Gasteiger partial charge in [-0.15, -0.1) is 0 Å². The summed E-state index contributed by atoms with van der Waals surface area (Å²) < 4.78 is 5.76. The molecule has 0 heterocycles. The van der Waals surface area contributed by atoms with Crippen molar-refractivity contribution in [2.75, 3.05) is 6.61 Å². The summed E-state index contributed by atoms with van der Waals surface area (Å²) >= 11 is 0. The average molecular weight is 298 g/mol. The molecule has 0 saturated heterocycles. The number of aryl methyl sites for hydroxylation is 1. The van der Waals surface area contributed by atoms with E-state index in [1.807, 2.05) is 31.2 Å². The lowest BCUT2D eigenvalue weighted by Crippen LogP contribution is -2.05. The van der Waals surface area contributed by atoms with Gasteiger partial charge in [-0.05, 0) is 60.6 Å². The zero-order valence-corrected chi connectivity index (χ0v) is 14.0. The molecule has 0 radical (unpaired) electrons. The smallest absolute Gasteiger partial charge is 0.122 e. The van der Waals surface area contributed by atoms with E-state index in [1.54, 1.807) is 0 Å².